The Labute approximate surface area is 96.7 Å². The minimum Gasteiger partial charge on any atom is -0.478 e. The molecule has 0 radical (unpaired) electrons. The molecule has 2 rings (SSSR count). The molecule has 0 amide bonds. The lowest BCUT2D eigenvalue weighted by atomic mass is 10.1. The number of hydrogen-bond donors (Lipinski definition) is 3. The van der Waals surface area contributed by atoms with Crippen LogP contribution >= 0.6 is 0 Å². The van der Waals surface area contributed by atoms with Crippen molar-refractivity contribution in [1.82, 2.24) is 0 Å². The molecular formula is C11H12FNO4. The summed E-state index contributed by atoms with van der Waals surface area (Å²) in [5, 5.41) is 27.7. The molecule has 1 aliphatic rings. The van der Waals surface area contributed by atoms with Crippen LogP contribution in [-0.4, -0.2) is 46.6 Å². The van der Waals surface area contributed by atoms with Crippen LogP contribution in [0.15, 0.2) is 18.2 Å². The maximum Gasteiger partial charge on any atom is 0.337 e. The first kappa shape index (κ1) is 11.8. The SMILES string of the molecule is O=C(O)c1cccc(F)c1N1CC(O)C(O)C1. The first-order valence-electron chi connectivity index (χ1n) is 5.13. The Hall–Kier alpha value is -1.66. The quantitative estimate of drug-likeness (QED) is 0.682. The van der Waals surface area contributed by atoms with Gasteiger partial charge in [0.2, 0.25) is 0 Å². The van der Waals surface area contributed by atoms with Gasteiger partial charge in [-0.3, -0.25) is 0 Å². The van der Waals surface area contributed by atoms with Gasteiger partial charge in [-0.25, -0.2) is 9.18 Å². The summed E-state index contributed by atoms with van der Waals surface area (Å²) in [7, 11) is 0. The summed E-state index contributed by atoms with van der Waals surface area (Å²) in [6.07, 6.45) is -1.98. The molecule has 0 bridgehead atoms. The number of rotatable bonds is 2. The van der Waals surface area contributed by atoms with Crippen LogP contribution in [0, 0.1) is 5.82 Å². The maximum absolute atomic E-state index is 13.6. The van der Waals surface area contributed by atoms with Gasteiger partial charge in [-0.2, -0.15) is 0 Å². The number of carbonyl (C=O) groups is 1. The Kier molecular flexibility index (Phi) is 2.99. The van der Waals surface area contributed by atoms with Crippen molar-refractivity contribution in [3.63, 3.8) is 0 Å². The van der Waals surface area contributed by atoms with E-state index in [1.165, 1.54) is 17.0 Å². The number of carboxylic acid groups (broad SMARTS) is 1. The molecule has 2 unspecified atom stereocenters. The molecule has 0 aliphatic carbocycles. The Morgan fingerprint density at radius 3 is 2.41 bits per heavy atom. The zero-order valence-electron chi connectivity index (χ0n) is 8.88. The molecule has 0 aromatic heterocycles. The third-order valence-electron chi connectivity index (χ3n) is 2.79. The van der Waals surface area contributed by atoms with Crippen molar-refractivity contribution in [2.45, 2.75) is 12.2 Å². The van der Waals surface area contributed by atoms with E-state index in [2.05, 4.69) is 0 Å². The van der Waals surface area contributed by atoms with E-state index >= 15 is 0 Å². The van der Waals surface area contributed by atoms with Crippen LogP contribution in [0.4, 0.5) is 10.1 Å². The van der Waals surface area contributed by atoms with Gasteiger partial charge < -0.3 is 20.2 Å². The molecule has 0 spiro atoms. The molecule has 5 nitrogen and oxygen atoms in total. The topological polar surface area (TPSA) is 81.0 Å². The van der Waals surface area contributed by atoms with Gasteiger partial charge in [0.1, 0.15) is 5.82 Å². The smallest absolute Gasteiger partial charge is 0.337 e. The molecule has 1 aliphatic heterocycles. The van der Waals surface area contributed by atoms with E-state index in [4.69, 9.17) is 5.11 Å². The first-order valence-corrected chi connectivity index (χ1v) is 5.13. The zero-order chi connectivity index (χ0) is 12.6. The first-order chi connectivity index (χ1) is 8.00. The average Bonchev–Trinajstić information content (AvgIpc) is 2.58. The van der Waals surface area contributed by atoms with Crippen LogP contribution in [-0.2, 0) is 0 Å². The molecular weight excluding hydrogens is 229 g/mol. The van der Waals surface area contributed by atoms with Crippen molar-refractivity contribution in [3.05, 3.63) is 29.6 Å². The summed E-state index contributed by atoms with van der Waals surface area (Å²) >= 11 is 0. The minimum absolute atomic E-state index is 0.0162. The molecule has 92 valence electrons. The minimum atomic E-state index is -1.24. The van der Waals surface area contributed by atoms with Gasteiger partial charge in [0.15, 0.2) is 0 Å². The lowest BCUT2D eigenvalue weighted by Crippen LogP contribution is -2.24. The molecule has 1 heterocycles. The molecule has 17 heavy (non-hydrogen) atoms. The summed E-state index contributed by atoms with van der Waals surface area (Å²) in [5.74, 6) is -1.92. The number of para-hydroxylation sites is 1. The van der Waals surface area contributed by atoms with E-state index in [0.717, 1.165) is 6.07 Å². The average molecular weight is 241 g/mol. The van der Waals surface area contributed by atoms with Gasteiger partial charge in [-0.1, -0.05) is 6.07 Å². The number of anilines is 1. The Morgan fingerprint density at radius 1 is 1.29 bits per heavy atom. The summed E-state index contributed by atoms with van der Waals surface area (Å²) in [6, 6.07) is 3.75. The second-order valence-corrected chi connectivity index (χ2v) is 3.98. The fourth-order valence-electron chi connectivity index (χ4n) is 1.96. The molecule has 6 heteroatoms. The zero-order valence-corrected chi connectivity index (χ0v) is 8.88. The van der Waals surface area contributed by atoms with Gasteiger partial charge in [0, 0.05) is 13.1 Å². The molecule has 3 N–H and O–H groups in total. The number of aliphatic hydroxyl groups excluding tert-OH is 2. The van der Waals surface area contributed by atoms with Gasteiger partial charge in [0.25, 0.3) is 0 Å². The van der Waals surface area contributed by atoms with Crippen LogP contribution in [0.2, 0.25) is 0 Å². The normalized spacial score (nSPS) is 24.1. The highest BCUT2D eigenvalue weighted by atomic mass is 19.1. The second-order valence-electron chi connectivity index (χ2n) is 3.98. The number of benzene rings is 1. The highest BCUT2D eigenvalue weighted by Crippen LogP contribution is 2.28. The van der Waals surface area contributed by atoms with Gasteiger partial charge >= 0.3 is 5.97 Å². The highest BCUT2D eigenvalue weighted by Gasteiger charge is 2.33. The van der Waals surface area contributed by atoms with Crippen molar-refractivity contribution >= 4 is 11.7 Å². The van der Waals surface area contributed by atoms with Gasteiger partial charge in [0.05, 0.1) is 23.5 Å². The summed E-state index contributed by atoms with van der Waals surface area (Å²) in [4.78, 5) is 12.3. The van der Waals surface area contributed by atoms with E-state index < -0.39 is 24.0 Å². The summed E-state index contributed by atoms with van der Waals surface area (Å²) < 4.78 is 13.6. The largest absolute Gasteiger partial charge is 0.478 e. The third-order valence-corrected chi connectivity index (χ3v) is 2.79. The number of hydrogen-bond acceptors (Lipinski definition) is 4. The fourth-order valence-corrected chi connectivity index (χ4v) is 1.96. The third kappa shape index (κ3) is 2.09. The van der Waals surface area contributed by atoms with Crippen LogP contribution in [0.3, 0.4) is 0 Å². The Morgan fingerprint density at radius 2 is 1.88 bits per heavy atom. The molecule has 1 saturated heterocycles. The van der Waals surface area contributed by atoms with E-state index in [9.17, 15) is 19.4 Å². The van der Waals surface area contributed by atoms with E-state index in [-0.39, 0.29) is 24.3 Å². The fraction of sp³-hybridized carbons (Fsp3) is 0.364. The molecule has 0 saturated carbocycles. The number of aliphatic hydroxyl groups is 2. The van der Waals surface area contributed by atoms with Crippen molar-refractivity contribution in [3.8, 4) is 0 Å². The highest BCUT2D eigenvalue weighted by molar-refractivity contribution is 5.94. The number of carboxylic acids is 1. The molecule has 2 atom stereocenters. The van der Waals surface area contributed by atoms with Crippen LogP contribution < -0.4 is 4.90 Å². The van der Waals surface area contributed by atoms with Crippen molar-refractivity contribution < 1.29 is 24.5 Å². The van der Waals surface area contributed by atoms with Crippen LogP contribution in [0.1, 0.15) is 10.4 Å². The Balaban J connectivity index is 2.41. The lowest BCUT2D eigenvalue weighted by molar-refractivity contribution is 0.0572. The second kappa shape index (κ2) is 4.31. The number of aromatic carboxylic acids is 1. The number of halogens is 1. The number of β-amino-alcohol motifs (C(OH)–C–C–N with tert-alkyl or cyclic N) is 2. The van der Waals surface area contributed by atoms with Crippen LogP contribution in [0.5, 0.6) is 0 Å². The molecule has 1 aromatic rings. The van der Waals surface area contributed by atoms with Crippen molar-refractivity contribution in [2.75, 3.05) is 18.0 Å². The van der Waals surface area contributed by atoms with Gasteiger partial charge in [-0.15, -0.1) is 0 Å². The predicted octanol–water partition coefficient (Wildman–Crippen LogP) is 0.0657. The van der Waals surface area contributed by atoms with Crippen molar-refractivity contribution in [2.24, 2.45) is 0 Å². The molecule has 1 aromatic carbocycles. The maximum atomic E-state index is 13.6. The van der Waals surface area contributed by atoms with E-state index in [1.54, 1.807) is 0 Å². The predicted molar refractivity (Wildman–Crippen MR) is 57.6 cm³/mol. The monoisotopic (exact) mass is 241 g/mol. The van der Waals surface area contributed by atoms with Crippen LogP contribution in [0.25, 0.3) is 0 Å². The standard InChI is InChI=1S/C11H12FNO4/c12-7-3-1-2-6(11(16)17)10(7)13-4-8(14)9(15)5-13/h1-3,8-9,14-15H,4-5H2,(H,16,17). The van der Waals surface area contributed by atoms with E-state index in [1.807, 2.05) is 0 Å². The number of nitrogens with zero attached hydrogens (tertiary/aromatic N) is 1. The summed E-state index contributed by atoms with van der Waals surface area (Å²) in [6.45, 7) is 0.0325. The van der Waals surface area contributed by atoms with Crippen molar-refractivity contribution in [1.29, 1.82) is 0 Å². The van der Waals surface area contributed by atoms with Gasteiger partial charge in [-0.05, 0) is 12.1 Å². The van der Waals surface area contributed by atoms with E-state index in [0.29, 0.717) is 0 Å². The molecule has 1 fully saturated rings. The lowest BCUT2D eigenvalue weighted by Gasteiger charge is -2.20. The Bertz CT molecular complexity index is 441. The summed E-state index contributed by atoms with van der Waals surface area (Å²) in [5.41, 5.74) is -0.262.